The number of rotatable bonds is 4. The summed E-state index contributed by atoms with van der Waals surface area (Å²) < 4.78 is 27.2. The van der Waals surface area contributed by atoms with Crippen molar-refractivity contribution in [1.82, 2.24) is 0 Å². The Morgan fingerprint density at radius 3 is 2.38 bits per heavy atom. The van der Waals surface area contributed by atoms with Crippen LogP contribution in [0, 0.1) is 0 Å². The van der Waals surface area contributed by atoms with Gasteiger partial charge in [-0.3, -0.25) is 0 Å². The summed E-state index contributed by atoms with van der Waals surface area (Å²) in [6.07, 6.45) is 1.17. The van der Waals surface area contributed by atoms with Crippen molar-refractivity contribution in [2.24, 2.45) is 0 Å². The van der Waals surface area contributed by atoms with E-state index in [4.69, 9.17) is 16.7 Å². The molecule has 0 fully saturated rings. The van der Waals surface area contributed by atoms with Gasteiger partial charge in [0.05, 0.1) is 6.08 Å². The summed E-state index contributed by atoms with van der Waals surface area (Å²) in [5.41, 5.74) is 0. The first-order valence-corrected chi connectivity index (χ1v) is 5.79. The lowest BCUT2D eigenvalue weighted by molar-refractivity contribution is -0.131. The number of aliphatic carboxylic acids is 1. The van der Waals surface area contributed by atoms with Crippen molar-refractivity contribution in [1.29, 1.82) is 0 Å². The van der Waals surface area contributed by atoms with Gasteiger partial charge in [0, 0.05) is 5.02 Å². The Labute approximate surface area is 97.0 Å². The van der Waals surface area contributed by atoms with Gasteiger partial charge >= 0.3 is 16.1 Å². The highest BCUT2D eigenvalue weighted by Gasteiger charge is 2.13. The molecule has 0 aromatic heterocycles. The van der Waals surface area contributed by atoms with Crippen molar-refractivity contribution in [2.75, 3.05) is 0 Å². The van der Waals surface area contributed by atoms with Crippen LogP contribution < -0.4 is 0 Å². The fraction of sp³-hybridized carbons (Fsp3) is 0. The van der Waals surface area contributed by atoms with E-state index in [9.17, 15) is 13.2 Å². The first-order valence-electron chi connectivity index (χ1n) is 4.00. The lowest BCUT2D eigenvalue weighted by Gasteiger charge is -2.01. The Morgan fingerprint density at radius 1 is 1.31 bits per heavy atom. The molecule has 0 saturated carbocycles. The summed E-state index contributed by atoms with van der Waals surface area (Å²) in [5, 5.41) is 8.63. The van der Waals surface area contributed by atoms with Crippen LogP contribution in [0.25, 0.3) is 0 Å². The second-order valence-corrected chi connectivity index (χ2v) is 4.65. The minimum Gasteiger partial charge on any atom is -0.478 e. The van der Waals surface area contributed by atoms with Crippen LogP contribution in [-0.4, -0.2) is 19.5 Å². The van der Waals surface area contributed by atoms with E-state index < -0.39 is 16.1 Å². The smallest absolute Gasteiger partial charge is 0.338 e. The minimum atomic E-state index is -3.98. The Bertz CT molecular complexity index is 503. The van der Waals surface area contributed by atoms with Gasteiger partial charge in [-0.2, -0.15) is 8.42 Å². The predicted molar refractivity (Wildman–Crippen MR) is 56.5 cm³/mol. The van der Waals surface area contributed by atoms with Crippen LogP contribution in [0.5, 0.6) is 0 Å². The van der Waals surface area contributed by atoms with Crippen LogP contribution >= 0.6 is 11.6 Å². The van der Waals surface area contributed by atoms with E-state index in [1.807, 2.05) is 0 Å². The van der Waals surface area contributed by atoms with Gasteiger partial charge in [-0.1, -0.05) is 11.6 Å². The molecule has 16 heavy (non-hydrogen) atoms. The average Bonchev–Trinajstić information content (AvgIpc) is 2.17. The fourth-order valence-corrected chi connectivity index (χ4v) is 1.72. The van der Waals surface area contributed by atoms with Crippen molar-refractivity contribution in [3.05, 3.63) is 41.6 Å². The Morgan fingerprint density at radius 2 is 1.88 bits per heavy atom. The monoisotopic (exact) mass is 262 g/mol. The maximum atomic E-state index is 11.4. The number of benzene rings is 1. The van der Waals surface area contributed by atoms with Crippen molar-refractivity contribution >= 4 is 27.7 Å². The Balaban J connectivity index is 2.86. The van der Waals surface area contributed by atoms with Crippen molar-refractivity contribution in [3.63, 3.8) is 0 Å². The van der Waals surface area contributed by atoms with Gasteiger partial charge in [0.2, 0.25) is 0 Å². The highest BCUT2D eigenvalue weighted by atomic mass is 35.5. The summed E-state index contributed by atoms with van der Waals surface area (Å²) in [6, 6.07) is 5.29. The third-order valence-electron chi connectivity index (χ3n) is 1.50. The molecule has 7 heteroatoms. The number of hydrogen-bond acceptors (Lipinski definition) is 4. The summed E-state index contributed by atoms with van der Waals surface area (Å²) in [7, 11) is -3.98. The van der Waals surface area contributed by atoms with E-state index in [0.717, 1.165) is 0 Å². The number of carboxylic acids is 1. The Kier molecular flexibility index (Phi) is 3.92. The van der Waals surface area contributed by atoms with Gasteiger partial charge in [-0.05, 0) is 24.3 Å². The van der Waals surface area contributed by atoms with Crippen LogP contribution in [0.3, 0.4) is 0 Å². The van der Waals surface area contributed by atoms with E-state index >= 15 is 0 Å². The van der Waals surface area contributed by atoms with Gasteiger partial charge in [0.1, 0.15) is 11.2 Å². The second kappa shape index (κ2) is 5.00. The zero-order valence-electron chi connectivity index (χ0n) is 7.83. The normalized spacial score (nSPS) is 11.6. The van der Waals surface area contributed by atoms with Gasteiger partial charge in [0.25, 0.3) is 0 Å². The molecule has 1 N–H and O–H groups in total. The molecular weight excluding hydrogens is 256 g/mol. The summed E-state index contributed by atoms with van der Waals surface area (Å²) >= 11 is 5.58. The molecule has 5 nitrogen and oxygen atoms in total. The highest BCUT2D eigenvalue weighted by molar-refractivity contribution is 7.86. The van der Waals surface area contributed by atoms with Crippen molar-refractivity contribution in [3.8, 4) is 0 Å². The minimum absolute atomic E-state index is 0.105. The summed E-state index contributed by atoms with van der Waals surface area (Å²) in [4.78, 5) is 9.98. The molecule has 0 radical (unpaired) electrons. The van der Waals surface area contributed by atoms with Gasteiger partial charge in [-0.15, -0.1) is 0 Å². The fourth-order valence-electron chi connectivity index (χ4n) is 0.816. The summed E-state index contributed by atoms with van der Waals surface area (Å²) in [6.45, 7) is 0. The van der Waals surface area contributed by atoms with Gasteiger partial charge in [0.15, 0.2) is 0 Å². The largest absolute Gasteiger partial charge is 0.478 e. The molecule has 0 bridgehead atoms. The van der Waals surface area contributed by atoms with E-state index in [1.54, 1.807) is 0 Å². The molecule has 0 aliphatic heterocycles. The topological polar surface area (TPSA) is 80.7 Å². The number of halogens is 1. The number of carbonyl (C=O) groups is 1. The third-order valence-corrected chi connectivity index (χ3v) is 2.96. The standard InChI is InChI=1S/C9H7ClO5S/c10-7-1-3-8(4-2-7)16(13,14)15-6-5-9(11)12/h1-6H,(H,11,12)/b6-5+. The molecule has 86 valence electrons. The van der Waals surface area contributed by atoms with Gasteiger partial charge < -0.3 is 9.29 Å². The molecule has 0 amide bonds. The first-order chi connectivity index (χ1) is 7.42. The quantitative estimate of drug-likeness (QED) is 0.507. The molecule has 1 rings (SSSR count). The lowest BCUT2D eigenvalue weighted by Crippen LogP contribution is -2.02. The molecule has 1 aromatic rings. The average molecular weight is 263 g/mol. The zero-order valence-corrected chi connectivity index (χ0v) is 9.40. The maximum absolute atomic E-state index is 11.4. The van der Waals surface area contributed by atoms with Gasteiger partial charge in [-0.25, -0.2) is 4.79 Å². The van der Waals surface area contributed by atoms with Crippen LogP contribution in [0.2, 0.25) is 5.02 Å². The summed E-state index contributed by atoms with van der Waals surface area (Å²) in [5.74, 6) is -1.30. The van der Waals surface area contributed by atoms with E-state index in [2.05, 4.69) is 4.18 Å². The van der Waals surface area contributed by atoms with Crippen molar-refractivity contribution in [2.45, 2.75) is 4.90 Å². The SMILES string of the molecule is O=C(O)/C=C/OS(=O)(=O)c1ccc(Cl)cc1. The molecule has 0 aliphatic rings. The predicted octanol–water partition coefficient (Wildman–Crippen LogP) is 1.64. The molecule has 0 spiro atoms. The number of hydrogen-bond donors (Lipinski definition) is 1. The van der Waals surface area contributed by atoms with Crippen molar-refractivity contribution < 1.29 is 22.5 Å². The number of carboxylic acid groups (broad SMARTS) is 1. The highest BCUT2D eigenvalue weighted by Crippen LogP contribution is 2.16. The zero-order chi connectivity index (χ0) is 12.2. The Hall–Kier alpha value is -1.53. The third kappa shape index (κ3) is 3.56. The van der Waals surface area contributed by atoms with E-state index in [0.29, 0.717) is 17.4 Å². The molecular formula is C9H7ClO5S. The molecule has 0 saturated heterocycles. The van der Waals surface area contributed by atoms with Crippen LogP contribution in [0.15, 0.2) is 41.5 Å². The van der Waals surface area contributed by atoms with Crippen LogP contribution in [0.4, 0.5) is 0 Å². The van der Waals surface area contributed by atoms with Crippen LogP contribution in [-0.2, 0) is 19.1 Å². The molecule has 0 aliphatic carbocycles. The molecule has 0 atom stereocenters. The first kappa shape index (κ1) is 12.5. The van der Waals surface area contributed by atoms with E-state index in [-0.39, 0.29) is 4.90 Å². The second-order valence-electron chi connectivity index (χ2n) is 2.65. The van der Waals surface area contributed by atoms with Crippen LogP contribution in [0.1, 0.15) is 0 Å². The lowest BCUT2D eigenvalue weighted by atomic mass is 10.4. The van der Waals surface area contributed by atoms with E-state index in [1.165, 1.54) is 24.3 Å². The maximum Gasteiger partial charge on any atom is 0.338 e. The molecule has 1 aromatic carbocycles. The molecule has 0 unspecified atom stereocenters. The molecule has 0 heterocycles.